The van der Waals surface area contributed by atoms with Gasteiger partial charge in [0.15, 0.2) is 11.0 Å². The molecular formula is C23H18N4O2S2. The second kappa shape index (κ2) is 8.49. The molecule has 0 atom stereocenters. The van der Waals surface area contributed by atoms with Crippen molar-refractivity contribution in [1.82, 2.24) is 19.7 Å². The molecule has 0 unspecified atom stereocenters. The summed E-state index contributed by atoms with van der Waals surface area (Å²) in [5.41, 5.74) is 3.77. The lowest BCUT2D eigenvalue weighted by Crippen LogP contribution is -2.24. The van der Waals surface area contributed by atoms with Crippen LogP contribution in [0.4, 0.5) is 0 Å². The first-order valence-corrected chi connectivity index (χ1v) is 11.6. The Hall–Kier alpha value is -3.23. The smallest absolute Gasteiger partial charge is 0.262 e. The number of nitrogens with zero attached hydrogens (tertiary/aromatic N) is 4. The number of benzene rings is 2. The lowest BCUT2D eigenvalue weighted by atomic mass is 10.1. The van der Waals surface area contributed by atoms with E-state index >= 15 is 0 Å². The van der Waals surface area contributed by atoms with E-state index in [4.69, 9.17) is 9.51 Å². The molecule has 0 aliphatic heterocycles. The summed E-state index contributed by atoms with van der Waals surface area (Å²) in [5.74, 6) is 1.52. The van der Waals surface area contributed by atoms with Gasteiger partial charge in [0.25, 0.3) is 11.4 Å². The van der Waals surface area contributed by atoms with Gasteiger partial charge in [0.05, 0.1) is 28.8 Å². The second-order valence-corrected chi connectivity index (χ2v) is 8.83. The van der Waals surface area contributed by atoms with Gasteiger partial charge in [0.2, 0.25) is 0 Å². The summed E-state index contributed by atoms with van der Waals surface area (Å²) in [6, 6.07) is 17.5. The number of para-hydroxylation sites is 1. The van der Waals surface area contributed by atoms with Gasteiger partial charge >= 0.3 is 0 Å². The summed E-state index contributed by atoms with van der Waals surface area (Å²) in [7, 11) is 0. The van der Waals surface area contributed by atoms with Crippen LogP contribution in [0.1, 0.15) is 17.0 Å². The molecule has 0 spiro atoms. The topological polar surface area (TPSA) is 73.8 Å². The summed E-state index contributed by atoms with van der Waals surface area (Å²) in [5, 5.41) is 9.25. The number of fused-ring (bicyclic) bond motifs is 1. The molecule has 0 aliphatic carbocycles. The molecule has 2 aromatic carbocycles. The van der Waals surface area contributed by atoms with Gasteiger partial charge in [-0.25, -0.2) is 4.98 Å². The predicted octanol–water partition coefficient (Wildman–Crippen LogP) is 5.16. The van der Waals surface area contributed by atoms with Crippen LogP contribution in [0.2, 0.25) is 0 Å². The van der Waals surface area contributed by atoms with E-state index in [2.05, 4.69) is 10.1 Å². The average molecular weight is 447 g/mol. The third kappa shape index (κ3) is 4.17. The Morgan fingerprint density at radius 3 is 2.71 bits per heavy atom. The van der Waals surface area contributed by atoms with Gasteiger partial charge in [-0.3, -0.25) is 9.36 Å². The molecule has 0 saturated carbocycles. The van der Waals surface area contributed by atoms with Crippen molar-refractivity contribution in [3.05, 3.63) is 92.7 Å². The molecule has 0 aliphatic rings. The fraction of sp³-hybridized carbons (Fsp3) is 0.130. The highest BCUT2D eigenvalue weighted by molar-refractivity contribution is 7.98. The molecule has 6 nitrogen and oxygen atoms in total. The molecule has 0 saturated heterocycles. The molecule has 0 fully saturated rings. The van der Waals surface area contributed by atoms with E-state index in [1.54, 1.807) is 15.9 Å². The van der Waals surface area contributed by atoms with E-state index in [1.165, 1.54) is 17.3 Å². The van der Waals surface area contributed by atoms with Gasteiger partial charge in [0.1, 0.15) is 0 Å². The molecule has 154 valence electrons. The summed E-state index contributed by atoms with van der Waals surface area (Å²) in [6.45, 7) is 2.50. The monoisotopic (exact) mass is 446 g/mol. The summed E-state index contributed by atoms with van der Waals surface area (Å²) >= 11 is 3.01. The summed E-state index contributed by atoms with van der Waals surface area (Å²) in [4.78, 5) is 22.5. The minimum Gasteiger partial charge on any atom is -0.334 e. The van der Waals surface area contributed by atoms with Crippen molar-refractivity contribution < 1.29 is 4.52 Å². The third-order valence-electron chi connectivity index (χ3n) is 4.85. The van der Waals surface area contributed by atoms with Gasteiger partial charge in [-0.2, -0.15) is 16.3 Å². The lowest BCUT2D eigenvalue weighted by molar-refractivity contribution is 0.425. The maximum atomic E-state index is 13.3. The van der Waals surface area contributed by atoms with Crippen LogP contribution in [0, 0.1) is 6.92 Å². The first-order valence-electron chi connectivity index (χ1n) is 9.70. The normalized spacial score (nSPS) is 11.3. The highest BCUT2D eigenvalue weighted by Crippen LogP contribution is 2.25. The predicted molar refractivity (Wildman–Crippen MR) is 123 cm³/mol. The quantitative estimate of drug-likeness (QED) is 0.265. The minimum absolute atomic E-state index is 0.0549. The fourth-order valence-electron chi connectivity index (χ4n) is 3.22. The number of rotatable bonds is 6. The van der Waals surface area contributed by atoms with E-state index in [-0.39, 0.29) is 5.56 Å². The Morgan fingerprint density at radius 2 is 1.90 bits per heavy atom. The molecule has 0 bridgehead atoms. The number of hydrogen-bond acceptors (Lipinski definition) is 7. The minimum atomic E-state index is -0.0549. The van der Waals surface area contributed by atoms with Gasteiger partial charge in [-0.1, -0.05) is 58.9 Å². The molecule has 31 heavy (non-hydrogen) atoms. The maximum absolute atomic E-state index is 13.3. The van der Waals surface area contributed by atoms with Crippen LogP contribution in [0.15, 0.2) is 79.8 Å². The van der Waals surface area contributed by atoms with Crippen molar-refractivity contribution >= 4 is 34.0 Å². The second-order valence-electron chi connectivity index (χ2n) is 7.10. The zero-order valence-electron chi connectivity index (χ0n) is 16.7. The van der Waals surface area contributed by atoms with E-state index in [1.807, 2.05) is 72.3 Å². The van der Waals surface area contributed by atoms with Crippen LogP contribution in [-0.2, 0) is 12.3 Å². The molecule has 8 heteroatoms. The summed E-state index contributed by atoms with van der Waals surface area (Å²) in [6.07, 6.45) is 0. The summed E-state index contributed by atoms with van der Waals surface area (Å²) < 4.78 is 7.09. The Balaban J connectivity index is 1.47. The zero-order chi connectivity index (χ0) is 21.2. The molecule has 5 rings (SSSR count). The van der Waals surface area contributed by atoms with Gasteiger partial charge in [-0.05, 0) is 36.1 Å². The average Bonchev–Trinajstić information content (AvgIpc) is 3.48. The highest BCUT2D eigenvalue weighted by Gasteiger charge is 2.15. The zero-order valence-corrected chi connectivity index (χ0v) is 18.3. The number of aromatic nitrogens is 4. The largest absolute Gasteiger partial charge is 0.334 e. The first kappa shape index (κ1) is 19.7. The van der Waals surface area contributed by atoms with E-state index in [9.17, 15) is 4.79 Å². The van der Waals surface area contributed by atoms with Gasteiger partial charge in [-0.15, -0.1) is 0 Å². The van der Waals surface area contributed by atoms with Crippen LogP contribution in [-0.4, -0.2) is 19.7 Å². The Labute approximate surface area is 186 Å². The van der Waals surface area contributed by atoms with Crippen LogP contribution in [0.5, 0.6) is 0 Å². The molecular weight excluding hydrogens is 428 g/mol. The third-order valence-corrected chi connectivity index (χ3v) is 6.51. The van der Waals surface area contributed by atoms with E-state index < -0.39 is 0 Å². The van der Waals surface area contributed by atoms with Crippen molar-refractivity contribution in [3.63, 3.8) is 0 Å². The number of hydrogen-bond donors (Lipinski definition) is 0. The van der Waals surface area contributed by atoms with Crippen LogP contribution >= 0.6 is 23.1 Å². The van der Waals surface area contributed by atoms with Crippen LogP contribution in [0.25, 0.3) is 22.4 Å². The molecule has 5 aromatic rings. The van der Waals surface area contributed by atoms with Crippen molar-refractivity contribution in [1.29, 1.82) is 0 Å². The molecule has 0 N–H and O–H groups in total. The Bertz CT molecular complexity index is 1390. The fourth-order valence-corrected chi connectivity index (χ4v) is 4.69. The standard InChI is InChI=1S/C23H18N4O2S2/c1-15-6-8-16(9-7-15)12-27-22(28)18-4-2-3-5-19(18)24-23(27)31-14-20-25-21(29-26-20)17-10-11-30-13-17/h2-11,13H,12,14H2,1H3. The molecule has 0 radical (unpaired) electrons. The first-order chi connectivity index (χ1) is 15.2. The van der Waals surface area contributed by atoms with Crippen molar-refractivity contribution in [2.24, 2.45) is 0 Å². The lowest BCUT2D eigenvalue weighted by Gasteiger charge is -2.13. The number of aryl methyl sites for hydroxylation is 1. The molecule has 3 heterocycles. The molecule has 3 aromatic heterocycles. The Morgan fingerprint density at radius 1 is 1.06 bits per heavy atom. The maximum Gasteiger partial charge on any atom is 0.262 e. The van der Waals surface area contributed by atoms with E-state index in [0.29, 0.717) is 40.1 Å². The number of thiophene rings is 1. The van der Waals surface area contributed by atoms with Crippen molar-refractivity contribution in [3.8, 4) is 11.5 Å². The van der Waals surface area contributed by atoms with Crippen LogP contribution in [0.3, 0.4) is 0 Å². The van der Waals surface area contributed by atoms with Gasteiger partial charge in [0, 0.05) is 5.38 Å². The van der Waals surface area contributed by atoms with Crippen molar-refractivity contribution in [2.75, 3.05) is 0 Å². The SMILES string of the molecule is Cc1ccc(Cn2c(SCc3noc(-c4ccsc4)n3)nc3ccccc3c2=O)cc1. The highest BCUT2D eigenvalue weighted by atomic mass is 32.2. The van der Waals surface area contributed by atoms with Crippen LogP contribution < -0.4 is 5.56 Å². The number of thioether (sulfide) groups is 1. The van der Waals surface area contributed by atoms with Gasteiger partial charge < -0.3 is 4.52 Å². The Kier molecular flexibility index (Phi) is 5.40. The van der Waals surface area contributed by atoms with Crippen molar-refractivity contribution in [2.45, 2.75) is 24.4 Å². The van der Waals surface area contributed by atoms with E-state index in [0.717, 1.165) is 11.1 Å². The molecule has 0 amide bonds.